The third-order valence-electron chi connectivity index (χ3n) is 3.16. The summed E-state index contributed by atoms with van der Waals surface area (Å²) in [7, 11) is 0. The van der Waals surface area contributed by atoms with Crippen LogP contribution in [0.5, 0.6) is 0 Å². The molecule has 0 amide bonds. The van der Waals surface area contributed by atoms with E-state index in [2.05, 4.69) is 46.9 Å². The summed E-state index contributed by atoms with van der Waals surface area (Å²) >= 11 is 2.29. The Morgan fingerprint density at radius 1 is 1.56 bits per heavy atom. The Kier molecular flexibility index (Phi) is 3.50. The van der Waals surface area contributed by atoms with E-state index in [1.807, 2.05) is 13.0 Å². The summed E-state index contributed by atoms with van der Waals surface area (Å²) in [5.74, 6) is 0. The van der Waals surface area contributed by atoms with Crippen molar-refractivity contribution in [3.8, 4) is 6.07 Å². The lowest BCUT2D eigenvalue weighted by Crippen LogP contribution is -2.36. The van der Waals surface area contributed by atoms with Crippen LogP contribution in [0.2, 0.25) is 0 Å². The van der Waals surface area contributed by atoms with Crippen molar-refractivity contribution in [2.24, 2.45) is 0 Å². The third-order valence-corrected chi connectivity index (χ3v) is 3.83. The van der Waals surface area contributed by atoms with Crippen LogP contribution in [0, 0.1) is 14.9 Å². The van der Waals surface area contributed by atoms with Crippen LogP contribution < -0.4 is 0 Å². The molecule has 0 bridgehead atoms. The number of hydrogen-bond donors (Lipinski definition) is 0. The normalized spacial score (nSPS) is 29.7. The van der Waals surface area contributed by atoms with Gasteiger partial charge in [0, 0.05) is 10.2 Å². The van der Waals surface area contributed by atoms with Crippen molar-refractivity contribution in [3.63, 3.8) is 0 Å². The van der Waals surface area contributed by atoms with E-state index in [1.165, 1.54) is 3.57 Å². The Morgan fingerprint density at radius 3 is 3.00 bits per heavy atom. The molecule has 1 aromatic carbocycles. The molecule has 3 heteroatoms. The molecular weight excluding hydrogens is 313 g/mol. The second kappa shape index (κ2) is 4.72. The number of nitrogens with zero attached hydrogens (tertiary/aromatic N) is 1. The lowest BCUT2D eigenvalue weighted by molar-refractivity contribution is 0.00352. The first-order valence-corrected chi connectivity index (χ1v) is 6.53. The van der Waals surface area contributed by atoms with Crippen molar-refractivity contribution in [2.75, 3.05) is 6.61 Å². The fraction of sp³-hybridized carbons (Fsp3) is 0.462. The maximum atomic E-state index is 9.50. The van der Waals surface area contributed by atoms with Crippen molar-refractivity contribution in [1.82, 2.24) is 0 Å². The van der Waals surface area contributed by atoms with Gasteiger partial charge >= 0.3 is 0 Å². The molecule has 1 aliphatic heterocycles. The van der Waals surface area contributed by atoms with Crippen LogP contribution in [0.3, 0.4) is 0 Å². The summed E-state index contributed by atoms with van der Waals surface area (Å²) in [4.78, 5) is 0. The third kappa shape index (κ3) is 2.23. The van der Waals surface area contributed by atoms with E-state index in [0.717, 1.165) is 18.4 Å². The molecule has 0 N–H and O–H groups in total. The van der Waals surface area contributed by atoms with Crippen LogP contribution in [-0.2, 0) is 10.2 Å². The van der Waals surface area contributed by atoms with Crippen LogP contribution >= 0.6 is 22.6 Å². The number of halogens is 1. The lowest BCUT2D eigenvalue weighted by Gasteiger charge is -2.34. The smallest absolute Gasteiger partial charge is 0.0869 e. The SMILES string of the molecule is C[C@@H]1C[C@@](C#N)(c2cccc(I)c2)CCO1. The number of rotatable bonds is 1. The second-order valence-corrected chi connectivity index (χ2v) is 5.59. The largest absolute Gasteiger partial charge is 0.378 e. The quantitative estimate of drug-likeness (QED) is 0.742. The van der Waals surface area contributed by atoms with Crippen LogP contribution in [0.4, 0.5) is 0 Å². The summed E-state index contributed by atoms with van der Waals surface area (Å²) in [6.45, 7) is 2.72. The molecule has 0 aromatic heterocycles. The molecule has 0 radical (unpaired) electrons. The minimum atomic E-state index is -0.348. The number of benzene rings is 1. The van der Waals surface area contributed by atoms with E-state index >= 15 is 0 Å². The molecule has 2 atom stereocenters. The standard InChI is InChI=1S/C13H14INO/c1-10-8-13(9-15,5-6-16-10)11-3-2-4-12(14)7-11/h2-4,7,10H,5-6,8H2,1H3/t10-,13+/m1/s1. The van der Waals surface area contributed by atoms with Gasteiger partial charge in [-0.25, -0.2) is 0 Å². The van der Waals surface area contributed by atoms with Gasteiger partial charge in [0.15, 0.2) is 0 Å². The van der Waals surface area contributed by atoms with Crippen molar-refractivity contribution < 1.29 is 4.74 Å². The molecule has 1 aliphatic rings. The van der Waals surface area contributed by atoms with Gasteiger partial charge in [0.25, 0.3) is 0 Å². The van der Waals surface area contributed by atoms with Gasteiger partial charge in [-0.1, -0.05) is 12.1 Å². The van der Waals surface area contributed by atoms with Gasteiger partial charge in [0.2, 0.25) is 0 Å². The summed E-state index contributed by atoms with van der Waals surface area (Å²) in [6.07, 6.45) is 1.77. The zero-order valence-electron chi connectivity index (χ0n) is 9.24. The maximum Gasteiger partial charge on any atom is 0.0869 e. The Hall–Kier alpha value is -0.600. The van der Waals surface area contributed by atoms with E-state index in [9.17, 15) is 5.26 Å². The summed E-state index contributed by atoms with van der Waals surface area (Å²) in [5.41, 5.74) is 0.788. The second-order valence-electron chi connectivity index (χ2n) is 4.34. The van der Waals surface area contributed by atoms with Gasteiger partial charge in [-0.3, -0.25) is 0 Å². The van der Waals surface area contributed by atoms with Crippen LogP contribution in [0.1, 0.15) is 25.3 Å². The molecule has 0 saturated carbocycles. The molecule has 0 aliphatic carbocycles. The van der Waals surface area contributed by atoms with Gasteiger partial charge in [-0.05, 0) is 60.1 Å². The summed E-state index contributed by atoms with van der Waals surface area (Å²) < 4.78 is 6.72. The average molecular weight is 327 g/mol. The number of hydrogen-bond acceptors (Lipinski definition) is 2. The van der Waals surface area contributed by atoms with Crippen molar-refractivity contribution in [3.05, 3.63) is 33.4 Å². The summed E-state index contributed by atoms with van der Waals surface area (Å²) in [5, 5.41) is 9.50. The van der Waals surface area contributed by atoms with Gasteiger partial charge in [0.05, 0.1) is 17.6 Å². The minimum absolute atomic E-state index is 0.172. The number of ether oxygens (including phenoxy) is 1. The fourth-order valence-corrected chi connectivity index (χ4v) is 2.84. The Morgan fingerprint density at radius 2 is 2.38 bits per heavy atom. The highest BCUT2D eigenvalue weighted by atomic mass is 127. The molecule has 84 valence electrons. The Bertz CT molecular complexity index is 426. The molecule has 1 fully saturated rings. The first-order chi connectivity index (χ1) is 7.66. The molecular formula is C13H14INO. The lowest BCUT2D eigenvalue weighted by atomic mass is 9.74. The average Bonchev–Trinajstić information content (AvgIpc) is 2.29. The molecule has 2 rings (SSSR count). The monoisotopic (exact) mass is 327 g/mol. The molecule has 0 spiro atoms. The fourth-order valence-electron chi connectivity index (χ4n) is 2.30. The molecule has 16 heavy (non-hydrogen) atoms. The minimum Gasteiger partial charge on any atom is -0.378 e. The molecule has 2 nitrogen and oxygen atoms in total. The van der Waals surface area contributed by atoms with Crippen LogP contribution in [0.15, 0.2) is 24.3 Å². The topological polar surface area (TPSA) is 33.0 Å². The van der Waals surface area contributed by atoms with Crippen molar-refractivity contribution >= 4 is 22.6 Å². The molecule has 1 aromatic rings. The van der Waals surface area contributed by atoms with Crippen molar-refractivity contribution in [1.29, 1.82) is 5.26 Å². The molecule has 1 saturated heterocycles. The van der Waals surface area contributed by atoms with Gasteiger partial charge in [0.1, 0.15) is 0 Å². The first kappa shape index (κ1) is 11.9. The first-order valence-electron chi connectivity index (χ1n) is 5.45. The highest BCUT2D eigenvalue weighted by Gasteiger charge is 2.37. The predicted molar refractivity (Wildman–Crippen MR) is 71.1 cm³/mol. The highest BCUT2D eigenvalue weighted by molar-refractivity contribution is 14.1. The van der Waals surface area contributed by atoms with Gasteiger partial charge in [-0.2, -0.15) is 5.26 Å². The Balaban J connectivity index is 2.38. The van der Waals surface area contributed by atoms with Crippen molar-refractivity contribution in [2.45, 2.75) is 31.3 Å². The zero-order valence-corrected chi connectivity index (χ0v) is 11.4. The molecule has 0 unspecified atom stereocenters. The van der Waals surface area contributed by atoms with Crippen LogP contribution in [-0.4, -0.2) is 12.7 Å². The van der Waals surface area contributed by atoms with E-state index in [4.69, 9.17) is 4.74 Å². The van der Waals surface area contributed by atoms with E-state index in [-0.39, 0.29) is 11.5 Å². The molecule has 1 heterocycles. The van der Waals surface area contributed by atoms with Gasteiger partial charge in [-0.15, -0.1) is 0 Å². The van der Waals surface area contributed by atoms with Crippen LogP contribution in [0.25, 0.3) is 0 Å². The predicted octanol–water partition coefficient (Wildman–Crippen LogP) is 3.25. The zero-order chi connectivity index (χ0) is 11.6. The number of nitriles is 1. The van der Waals surface area contributed by atoms with E-state index < -0.39 is 0 Å². The maximum absolute atomic E-state index is 9.50. The van der Waals surface area contributed by atoms with E-state index in [0.29, 0.717) is 6.61 Å². The Labute approximate surface area is 110 Å². The van der Waals surface area contributed by atoms with Gasteiger partial charge < -0.3 is 4.74 Å². The van der Waals surface area contributed by atoms with E-state index in [1.54, 1.807) is 0 Å². The highest BCUT2D eigenvalue weighted by Crippen LogP contribution is 2.36. The summed E-state index contributed by atoms with van der Waals surface area (Å²) in [6, 6.07) is 10.8.